The summed E-state index contributed by atoms with van der Waals surface area (Å²) in [7, 11) is 0. The summed E-state index contributed by atoms with van der Waals surface area (Å²) < 4.78 is 5.50. The molecule has 0 aromatic carbocycles. The van der Waals surface area contributed by atoms with Crippen LogP contribution >= 0.6 is 0 Å². The lowest BCUT2D eigenvalue weighted by Gasteiger charge is -2.34. The number of nitrogens with two attached hydrogens (primary N) is 1. The maximum Gasteiger partial charge on any atom is 0.223 e. The molecule has 1 heterocycles. The van der Waals surface area contributed by atoms with E-state index in [1.807, 2.05) is 0 Å². The van der Waals surface area contributed by atoms with Gasteiger partial charge < -0.3 is 15.8 Å². The van der Waals surface area contributed by atoms with Gasteiger partial charge in [0.05, 0.1) is 6.10 Å². The minimum absolute atomic E-state index is 0.156. The highest BCUT2D eigenvalue weighted by Gasteiger charge is 2.32. The third-order valence-electron chi connectivity index (χ3n) is 4.38. The molecule has 5 atom stereocenters. The molecular formula is C14H26N2O2. The molecule has 4 nitrogen and oxygen atoms in total. The van der Waals surface area contributed by atoms with Gasteiger partial charge in [-0.2, -0.15) is 0 Å². The first-order valence-electron chi connectivity index (χ1n) is 7.23. The molecular weight excluding hydrogens is 228 g/mol. The van der Waals surface area contributed by atoms with Crippen LogP contribution in [0, 0.1) is 11.8 Å². The van der Waals surface area contributed by atoms with E-state index < -0.39 is 0 Å². The molecule has 2 aliphatic rings. The molecule has 2 fully saturated rings. The highest BCUT2D eigenvalue weighted by atomic mass is 16.5. The van der Waals surface area contributed by atoms with Crippen molar-refractivity contribution in [3.63, 3.8) is 0 Å². The Balaban J connectivity index is 1.83. The molecule has 3 N–H and O–H groups in total. The Bertz CT molecular complexity index is 296. The van der Waals surface area contributed by atoms with Gasteiger partial charge in [0.1, 0.15) is 0 Å². The fourth-order valence-electron chi connectivity index (χ4n) is 3.26. The normalized spacial score (nSPS) is 41.4. The molecule has 0 bridgehead atoms. The highest BCUT2D eigenvalue weighted by molar-refractivity contribution is 5.79. The first-order valence-corrected chi connectivity index (χ1v) is 7.23. The largest absolute Gasteiger partial charge is 0.378 e. The Morgan fingerprint density at radius 2 is 2.00 bits per heavy atom. The Labute approximate surface area is 110 Å². The summed E-state index contributed by atoms with van der Waals surface area (Å²) in [4.78, 5) is 12.3. The van der Waals surface area contributed by atoms with Crippen LogP contribution in [0.25, 0.3) is 0 Å². The number of amides is 1. The van der Waals surface area contributed by atoms with Gasteiger partial charge in [0.25, 0.3) is 0 Å². The first-order chi connectivity index (χ1) is 8.56. The molecule has 1 saturated carbocycles. The molecule has 0 radical (unpaired) electrons. The van der Waals surface area contributed by atoms with Crippen LogP contribution in [-0.2, 0) is 9.53 Å². The van der Waals surface area contributed by atoms with Gasteiger partial charge in [0, 0.05) is 24.6 Å². The number of nitrogens with one attached hydrogen (secondary N) is 1. The van der Waals surface area contributed by atoms with Crippen LogP contribution in [0.4, 0.5) is 0 Å². The molecule has 5 unspecified atom stereocenters. The van der Waals surface area contributed by atoms with Crippen molar-refractivity contribution in [2.24, 2.45) is 17.6 Å². The second-order valence-corrected chi connectivity index (χ2v) is 6.07. The van der Waals surface area contributed by atoms with Gasteiger partial charge in [-0.25, -0.2) is 0 Å². The van der Waals surface area contributed by atoms with E-state index >= 15 is 0 Å². The topological polar surface area (TPSA) is 64.4 Å². The van der Waals surface area contributed by atoms with Crippen LogP contribution in [0.3, 0.4) is 0 Å². The Morgan fingerprint density at radius 1 is 1.22 bits per heavy atom. The molecule has 18 heavy (non-hydrogen) atoms. The van der Waals surface area contributed by atoms with Crippen molar-refractivity contribution in [2.75, 3.05) is 6.61 Å². The minimum Gasteiger partial charge on any atom is -0.378 e. The SMILES string of the molecule is CC1CC(NC(=O)C2CCC(N)CC2C)CCO1. The van der Waals surface area contributed by atoms with E-state index in [1.165, 1.54) is 0 Å². The summed E-state index contributed by atoms with van der Waals surface area (Å²) in [5.74, 6) is 0.794. The van der Waals surface area contributed by atoms with Gasteiger partial charge in [-0.1, -0.05) is 6.92 Å². The van der Waals surface area contributed by atoms with Crippen LogP contribution in [-0.4, -0.2) is 30.7 Å². The van der Waals surface area contributed by atoms with Crippen molar-refractivity contribution in [3.8, 4) is 0 Å². The van der Waals surface area contributed by atoms with E-state index in [1.54, 1.807) is 0 Å². The van der Waals surface area contributed by atoms with Crippen LogP contribution in [0.2, 0.25) is 0 Å². The molecule has 2 rings (SSSR count). The fourth-order valence-corrected chi connectivity index (χ4v) is 3.26. The number of carbonyl (C=O) groups excluding carboxylic acids is 1. The average molecular weight is 254 g/mol. The van der Waals surface area contributed by atoms with Gasteiger partial charge in [0.2, 0.25) is 5.91 Å². The fraction of sp³-hybridized carbons (Fsp3) is 0.929. The standard InChI is InChI=1S/C14H26N2O2/c1-9-7-11(15)3-4-13(9)14(17)16-12-5-6-18-10(2)8-12/h9-13H,3-8,15H2,1-2H3,(H,16,17). The zero-order valence-corrected chi connectivity index (χ0v) is 11.5. The van der Waals surface area contributed by atoms with E-state index in [0.29, 0.717) is 12.0 Å². The maximum absolute atomic E-state index is 12.3. The summed E-state index contributed by atoms with van der Waals surface area (Å²) in [6, 6.07) is 0.580. The first kappa shape index (κ1) is 13.8. The van der Waals surface area contributed by atoms with Crippen LogP contribution < -0.4 is 11.1 Å². The van der Waals surface area contributed by atoms with Crippen LogP contribution in [0.1, 0.15) is 46.0 Å². The summed E-state index contributed by atoms with van der Waals surface area (Å²) >= 11 is 0. The molecule has 4 heteroatoms. The lowest BCUT2D eigenvalue weighted by Crippen LogP contribution is -2.47. The predicted octanol–water partition coefficient (Wildman–Crippen LogP) is 1.43. The van der Waals surface area contributed by atoms with Crippen LogP contribution in [0.15, 0.2) is 0 Å². The van der Waals surface area contributed by atoms with E-state index in [0.717, 1.165) is 38.7 Å². The van der Waals surface area contributed by atoms with Crippen molar-refractivity contribution in [1.82, 2.24) is 5.32 Å². The number of hydrogen-bond acceptors (Lipinski definition) is 3. The lowest BCUT2D eigenvalue weighted by atomic mass is 9.77. The third-order valence-corrected chi connectivity index (χ3v) is 4.38. The van der Waals surface area contributed by atoms with Gasteiger partial charge in [-0.3, -0.25) is 4.79 Å². The van der Waals surface area contributed by atoms with Crippen LogP contribution in [0.5, 0.6) is 0 Å². The van der Waals surface area contributed by atoms with E-state index in [2.05, 4.69) is 19.2 Å². The number of ether oxygens (including phenoxy) is 1. The van der Waals surface area contributed by atoms with Crippen molar-refractivity contribution >= 4 is 5.91 Å². The quantitative estimate of drug-likeness (QED) is 0.783. The lowest BCUT2D eigenvalue weighted by molar-refractivity contribution is -0.129. The van der Waals surface area contributed by atoms with E-state index in [4.69, 9.17) is 10.5 Å². The molecule has 1 saturated heterocycles. The van der Waals surface area contributed by atoms with Gasteiger partial charge >= 0.3 is 0 Å². The maximum atomic E-state index is 12.3. The van der Waals surface area contributed by atoms with Gasteiger partial charge in [-0.05, 0) is 44.9 Å². The Morgan fingerprint density at radius 3 is 2.67 bits per heavy atom. The zero-order chi connectivity index (χ0) is 13.1. The molecule has 1 amide bonds. The highest BCUT2D eigenvalue weighted by Crippen LogP contribution is 2.29. The monoisotopic (exact) mass is 254 g/mol. The molecule has 104 valence electrons. The third kappa shape index (κ3) is 3.45. The summed E-state index contributed by atoms with van der Waals surface area (Å²) in [5.41, 5.74) is 5.94. The average Bonchev–Trinajstić information content (AvgIpc) is 2.28. The predicted molar refractivity (Wildman–Crippen MR) is 71.1 cm³/mol. The van der Waals surface area contributed by atoms with Crippen molar-refractivity contribution in [3.05, 3.63) is 0 Å². The van der Waals surface area contributed by atoms with Crippen molar-refractivity contribution in [2.45, 2.75) is 64.1 Å². The molecule has 1 aliphatic heterocycles. The smallest absolute Gasteiger partial charge is 0.223 e. The minimum atomic E-state index is 0.156. The molecule has 0 aromatic rings. The molecule has 0 spiro atoms. The second kappa shape index (κ2) is 6.02. The zero-order valence-electron chi connectivity index (χ0n) is 11.5. The second-order valence-electron chi connectivity index (χ2n) is 6.07. The number of rotatable bonds is 2. The molecule has 0 aromatic heterocycles. The summed E-state index contributed by atoms with van der Waals surface area (Å²) in [6.07, 6.45) is 5.03. The number of carbonyl (C=O) groups is 1. The summed E-state index contributed by atoms with van der Waals surface area (Å²) in [6.45, 7) is 4.98. The van der Waals surface area contributed by atoms with Gasteiger partial charge in [0.15, 0.2) is 0 Å². The van der Waals surface area contributed by atoms with Gasteiger partial charge in [-0.15, -0.1) is 0 Å². The Hall–Kier alpha value is -0.610. The summed E-state index contributed by atoms with van der Waals surface area (Å²) in [5, 5.41) is 3.20. The van der Waals surface area contributed by atoms with Crippen molar-refractivity contribution < 1.29 is 9.53 Å². The van der Waals surface area contributed by atoms with E-state index in [-0.39, 0.29) is 24.0 Å². The van der Waals surface area contributed by atoms with E-state index in [9.17, 15) is 4.79 Å². The Kier molecular flexibility index (Phi) is 4.62. The van der Waals surface area contributed by atoms with Crippen molar-refractivity contribution in [1.29, 1.82) is 0 Å². The number of hydrogen-bond donors (Lipinski definition) is 2. The molecule has 1 aliphatic carbocycles.